The summed E-state index contributed by atoms with van der Waals surface area (Å²) in [6.07, 6.45) is -0.112. The van der Waals surface area contributed by atoms with Crippen molar-refractivity contribution in [2.75, 3.05) is 19.7 Å². The number of aliphatic imine (C=N–C) groups is 1. The summed E-state index contributed by atoms with van der Waals surface area (Å²) in [6.45, 7) is 10.6. The Hall–Kier alpha value is -0.250. The van der Waals surface area contributed by atoms with Gasteiger partial charge < -0.3 is 15.4 Å². The van der Waals surface area contributed by atoms with E-state index in [1.165, 1.54) is 0 Å². The molecule has 0 aromatic rings. The molecule has 4 unspecified atom stereocenters. The second-order valence-corrected chi connectivity index (χ2v) is 9.03. The van der Waals surface area contributed by atoms with E-state index in [0.29, 0.717) is 31.4 Å². The van der Waals surface area contributed by atoms with Crippen LogP contribution in [0.1, 0.15) is 66.2 Å². The van der Waals surface area contributed by atoms with Gasteiger partial charge in [-0.3, -0.25) is 4.99 Å². The molecule has 1 aliphatic heterocycles. The van der Waals surface area contributed by atoms with Crippen LogP contribution in [-0.4, -0.2) is 44.0 Å². The number of hydrogen-bond donors (Lipinski definition) is 2. The Labute approximate surface area is 184 Å². The zero-order valence-corrected chi connectivity index (χ0v) is 19.9. The van der Waals surface area contributed by atoms with Crippen molar-refractivity contribution in [3.8, 4) is 0 Å². The van der Waals surface area contributed by atoms with Gasteiger partial charge in [-0.2, -0.15) is 13.2 Å². The monoisotopic (exact) mass is 519 g/mol. The standard InChI is InChI=1S/C20H36F3N3O.HI/c1-5-24-18(26-16-10-6-9-15(12-16)20(21,22)23)25-13-14-8-7-11-27-17(14)19(2,3)4;/h14-17H,5-13H2,1-4H3,(H2,24,25,26);1H. The highest BCUT2D eigenvalue weighted by Crippen LogP contribution is 2.37. The van der Waals surface area contributed by atoms with E-state index in [9.17, 15) is 13.2 Å². The summed E-state index contributed by atoms with van der Waals surface area (Å²) in [4.78, 5) is 4.72. The van der Waals surface area contributed by atoms with Gasteiger partial charge in [-0.1, -0.05) is 27.2 Å². The molecule has 1 saturated heterocycles. The van der Waals surface area contributed by atoms with E-state index in [4.69, 9.17) is 9.73 Å². The van der Waals surface area contributed by atoms with Crippen LogP contribution in [-0.2, 0) is 4.74 Å². The van der Waals surface area contributed by atoms with Crippen molar-refractivity contribution < 1.29 is 17.9 Å². The average Bonchev–Trinajstić information content (AvgIpc) is 2.59. The van der Waals surface area contributed by atoms with Gasteiger partial charge >= 0.3 is 6.18 Å². The molecule has 166 valence electrons. The van der Waals surface area contributed by atoms with Crippen LogP contribution in [0.5, 0.6) is 0 Å². The molecule has 0 amide bonds. The molecule has 8 heteroatoms. The summed E-state index contributed by atoms with van der Waals surface area (Å²) in [6, 6.07) is -0.177. The van der Waals surface area contributed by atoms with Gasteiger partial charge in [0.25, 0.3) is 0 Å². The van der Waals surface area contributed by atoms with Gasteiger partial charge in [0.1, 0.15) is 0 Å². The topological polar surface area (TPSA) is 45.7 Å². The summed E-state index contributed by atoms with van der Waals surface area (Å²) >= 11 is 0. The molecule has 0 aromatic heterocycles. The van der Waals surface area contributed by atoms with E-state index in [-0.39, 0.29) is 54.4 Å². The maximum Gasteiger partial charge on any atom is 0.391 e. The van der Waals surface area contributed by atoms with Crippen molar-refractivity contribution >= 4 is 29.9 Å². The summed E-state index contributed by atoms with van der Waals surface area (Å²) in [7, 11) is 0. The van der Waals surface area contributed by atoms with Crippen LogP contribution in [0.15, 0.2) is 4.99 Å². The SMILES string of the molecule is CCNC(=NCC1CCCOC1C(C)(C)C)NC1CCCC(C(F)(F)F)C1.I. The highest BCUT2D eigenvalue weighted by molar-refractivity contribution is 14.0. The predicted molar refractivity (Wildman–Crippen MR) is 118 cm³/mol. The number of nitrogens with one attached hydrogen (secondary N) is 2. The Kier molecular flexibility index (Phi) is 10.3. The van der Waals surface area contributed by atoms with E-state index in [1.54, 1.807) is 0 Å². The lowest BCUT2D eigenvalue weighted by Gasteiger charge is -2.39. The third kappa shape index (κ3) is 7.88. The van der Waals surface area contributed by atoms with Crippen molar-refractivity contribution in [2.45, 2.75) is 84.5 Å². The highest BCUT2D eigenvalue weighted by atomic mass is 127. The van der Waals surface area contributed by atoms with Gasteiger partial charge in [0.2, 0.25) is 0 Å². The lowest BCUT2D eigenvalue weighted by Crippen LogP contribution is -2.47. The molecular weight excluding hydrogens is 482 g/mol. The first-order chi connectivity index (χ1) is 12.6. The fourth-order valence-corrected chi connectivity index (χ4v) is 4.33. The third-order valence-corrected chi connectivity index (χ3v) is 5.60. The molecule has 28 heavy (non-hydrogen) atoms. The smallest absolute Gasteiger partial charge is 0.377 e. The van der Waals surface area contributed by atoms with Crippen LogP contribution in [0, 0.1) is 17.3 Å². The van der Waals surface area contributed by atoms with Gasteiger partial charge in [0.15, 0.2) is 5.96 Å². The van der Waals surface area contributed by atoms with Crippen LogP contribution < -0.4 is 10.6 Å². The van der Waals surface area contributed by atoms with Crippen LogP contribution >= 0.6 is 24.0 Å². The second-order valence-electron chi connectivity index (χ2n) is 9.03. The van der Waals surface area contributed by atoms with Gasteiger partial charge in [0.05, 0.1) is 12.0 Å². The zero-order chi connectivity index (χ0) is 20.1. The molecular formula is C20H37F3IN3O. The van der Waals surface area contributed by atoms with Gasteiger partial charge in [-0.05, 0) is 44.4 Å². The van der Waals surface area contributed by atoms with Gasteiger partial charge in [-0.25, -0.2) is 0 Å². The molecule has 2 fully saturated rings. The van der Waals surface area contributed by atoms with Crippen LogP contribution in [0.25, 0.3) is 0 Å². The molecule has 0 bridgehead atoms. The fourth-order valence-electron chi connectivity index (χ4n) is 4.33. The summed E-state index contributed by atoms with van der Waals surface area (Å²) in [5, 5.41) is 6.44. The first-order valence-electron chi connectivity index (χ1n) is 10.3. The van der Waals surface area contributed by atoms with Crippen molar-refractivity contribution in [2.24, 2.45) is 22.2 Å². The zero-order valence-electron chi connectivity index (χ0n) is 17.6. The van der Waals surface area contributed by atoms with E-state index in [1.807, 2.05) is 6.92 Å². The molecule has 2 aliphatic rings. The predicted octanol–water partition coefficient (Wildman–Crippen LogP) is 5.12. The van der Waals surface area contributed by atoms with E-state index < -0.39 is 12.1 Å². The molecule has 1 aliphatic carbocycles. The normalized spacial score (nSPS) is 29.8. The number of alkyl halides is 3. The number of halogens is 4. The number of rotatable bonds is 4. The quantitative estimate of drug-likeness (QED) is 0.308. The molecule has 0 spiro atoms. The third-order valence-electron chi connectivity index (χ3n) is 5.60. The van der Waals surface area contributed by atoms with E-state index in [2.05, 4.69) is 31.4 Å². The van der Waals surface area contributed by atoms with E-state index in [0.717, 1.165) is 25.9 Å². The molecule has 1 heterocycles. The summed E-state index contributed by atoms with van der Waals surface area (Å²) < 4.78 is 45.2. The second kappa shape index (κ2) is 11.2. The molecule has 2 N–H and O–H groups in total. The first kappa shape index (κ1) is 25.8. The van der Waals surface area contributed by atoms with Crippen molar-refractivity contribution in [1.29, 1.82) is 0 Å². The number of nitrogens with zero attached hydrogens (tertiary/aromatic N) is 1. The Morgan fingerprint density at radius 3 is 2.43 bits per heavy atom. The largest absolute Gasteiger partial charge is 0.391 e. The van der Waals surface area contributed by atoms with Crippen molar-refractivity contribution in [1.82, 2.24) is 10.6 Å². The van der Waals surface area contributed by atoms with Crippen LogP contribution in [0.4, 0.5) is 13.2 Å². The maximum atomic E-state index is 13.1. The molecule has 4 atom stereocenters. The molecule has 1 saturated carbocycles. The number of ether oxygens (including phenoxy) is 1. The minimum absolute atomic E-state index is 0. The minimum atomic E-state index is -4.10. The lowest BCUT2D eigenvalue weighted by molar-refractivity contribution is -0.183. The molecule has 0 aromatic carbocycles. The summed E-state index contributed by atoms with van der Waals surface area (Å²) in [5.41, 5.74) is 0.0513. The molecule has 0 radical (unpaired) electrons. The lowest BCUT2D eigenvalue weighted by atomic mass is 9.78. The van der Waals surface area contributed by atoms with Crippen LogP contribution in [0.3, 0.4) is 0 Å². The Bertz CT molecular complexity index is 494. The number of hydrogen-bond acceptors (Lipinski definition) is 2. The Morgan fingerprint density at radius 2 is 1.82 bits per heavy atom. The minimum Gasteiger partial charge on any atom is -0.377 e. The Morgan fingerprint density at radius 1 is 1.11 bits per heavy atom. The maximum absolute atomic E-state index is 13.1. The molecule has 4 nitrogen and oxygen atoms in total. The number of guanidine groups is 1. The fraction of sp³-hybridized carbons (Fsp3) is 0.950. The first-order valence-corrected chi connectivity index (χ1v) is 10.3. The average molecular weight is 519 g/mol. The van der Waals surface area contributed by atoms with Gasteiger partial charge in [0, 0.05) is 31.7 Å². The van der Waals surface area contributed by atoms with Gasteiger partial charge in [-0.15, -0.1) is 24.0 Å². The van der Waals surface area contributed by atoms with Crippen molar-refractivity contribution in [3.05, 3.63) is 0 Å². The van der Waals surface area contributed by atoms with Crippen LogP contribution in [0.2, 0.25) is 0 Å². The highest BCUT2D eigenvalue weighted by Gasteiger charge is 2.42. The Balaban J connectivity index is 0.00000392. The summed E-state index contributed by atoms with van der Waals surface area (Å²) in [5.74, 6) is -0.240. The molecule has 2 rings (SSSR count). The van der Waals surface area contributed by atoms with Crippen molar-refractivity contribution in [3.63, 3.8) is 0 Å². The van der Waals surface area contributed by atoms with E-state index >= 15 is 0 Å².